The maximum absolute atomic E-state index is 6.04. The van der Waals surface area contributed by atoms with Crippen LogP contribution in [0.15, 0.2) is 36.4 Å². The van der Waals surface area contributed by atoms with Crippen molar-refractivity contribution in [1.29, 1.82) is 0 Å². The zero-order valence-electron chi connectivity index (χ0n) is 13.4. The van der Waals surface area contributed by atoms with E-state index >= 15 is 0 Å². The average molecular weight is 319 g/mol. The highest BCUT2D eigenvalue weighted by Crippen LogP contribution is 2.39. The Hall–Kier alpha value is -2.95. The maximum Gasteiger partial charge on any atom is 0.231 e. The van der Waals surface area contributed by atoms with Crippen molar-refractivity contribution in [3.63, 3.8) is 0 Å². The van der Waals surface area contributed by atoms with Crippen LogP contribution in [-0.4, -0.2) is 16.6 Å². The maximum atomic E-state index is 6.04. The highest BCUT2D eigenvalue weighted by atomic mass is 16.7. The van der Waals surface area contributed by atoms with E-state index in [2.05, 4.69) is 19.1 Å². The van der Waals surface area contributed by atoms with Crippen molar-refractivity contribution in [2.45, 2.75) is 19.8 Å². The Bertz CT molecular complexity index is 975. The molecule has 0 amide bonds. The smallest absolute Gasteiger partial charge is 0.231 e. The molecule has 24 heavy (non-hydrogen) atoms. The molecule has 1 aliphatic carbocycles. The van der Waals surface area contributed by atoms with E-state index < -0.39 is 0 Å². The Morgan fingerprint density at radius 2 is 1.92 bits per heavy atom. The van der Waals surface area contributed by atoms with Crippen molar-refractivity contribution in [3.8, 4) is 28.4 Å². The van der Waals surface area contributed by atoms with Gasteiger partial charge >= 0.3 is 0 Å². The molecule has 0 atom stereocenters. The molecule has 1 aliphatic heterocycles. The van der Waals surface area contributed by atoms with Gasteiger partial charge in [0.1, 0.15) is 0 Å². The van der Waals surface area contributed by atoms with Crippen molar-refractivity contribution < 1.29 is 9.47 Å². The quantitative estimate of drug-likeness (QED) is 0.699. The Balaban J connectivity index is 1.75. The van der Waals surface area contributed by atoms with Gasteiger partial charge in [-0.05, 0) is 49.6 Å². The minimum absolute atomic E-state index is 0.272. The molecule has 120 valence electrons. The van der Waals surface area contributed by atoms with Crippen LogP contribution in [0.3, 0.4) is 0 Å². The number of hydrogen-bond acceptors (Lipinski definition) is 4. The topological polar surface area (TPSA) is 62.3 Å². The first kappa shape index (κ1) is 13.5. The van der Waals surface area contributed by atoms with E-state index in [1.165, 1.54) is 16.7 Å². The number of aromatic nitrogens is 2. The second-order valence-corrected chi connectivity index (χ2v) is 6.28. The summed E-state index contributed by atoms with van der Waals surface area (Å²) >= 11 is 0. The van der Waals surface area contributed by atoms with E-state index in [0.717, 1.165) is 47.1 Å². The van der Waals surface area contributed by atoms with E-state index in [1.54, 1.807) is 0 Å². The lowest BCUT2D eigenvalue weighted by molar-refractivity contribution is 0.174. The van der Waals surface area contributed by atoms with Crippen LogP contribution in [0, 0.1) is 6.92 Å². The molecule has 0 saturated carbocycles. The fourth-order valence-corrected chi connectivity index (χ4v) is 3.63. The molecule has 0 saturated heterocycles. The third-order valence-corrected chi connectivity index (χ3v) is 4.82. The largest absolute Gasteiger partial charge is 0.454 e. The molecule has 2 aliphatic rings. The summed E-state index contributed by atoms with van der Waals surface area (Å²) in [5.41, 5.74) is 13.8. The third kappa shape index (κ3) is 1.84. The van der Waals surface area contributed by atoms with E-state index in [9.17, 15) is 0 Å². The summed E-state index contributed by atoms with van der Waals surface area (Å²) in [5, 5.41) is 4.80. The van der Waals surface area contributed by atoms with Crippen molar-refractivity contribution >= 4 is 5.69 Å². The number of fused-ring (bicyclic) bond motifs is 4. The van der Waals surface area contributed by atoms with Crippen LogP contribution in [0.2, 0.25) is 0 Å². The van der Waals surface area contributed by atoms with E-state index in [4.69, 9.17) is 20.3 Å². The number of aryl methyl sites for hydroxylation is 2. The first-order valence-electron chi connectivity index (χ1n) is 8.08. The predicted molar refractivity (Wildman–Crippen MR) is 91.7 cm³/mol. The number of nitrogen functional groups attached to an aromatic ring is 1. The number of benzene rings is 2. The average Bonchev–Trinajstić information content (AvgIpc) is 3.18. The van der Waals surface area contributed by atoms with Crippen molar-refractivity contribution in [1.82, 2.24) is 9.78 Å². The number of nitrogens with two attached hydrogens (primary N) is 1. The van der Waals surface area contributed by atoms with E-state index in [0.29, 0.717) is 0 Å². The summed E-state index contributed by atoms with van der Waals surface area (Å²) in [6.45, 7) is 2.34. The van der Waals surface area contributed by atoms with Gasteiger partial charge in [-0.1, -0.05) is 6.07 Å². The van der Waals surface area contributed by atoms with Gasteiger partial charge in [0.05, 0.1) is 17.1 Å². The van der Waals surface area contributed by atoms with Crippen molar-refractivity contribution in [3.05, 3.63) is 53.2 Å². The van der Waals surface area contributed by atoms with Gasteiger partial charge in [0, 0.05) is 22.9 Å². The van der Waals surface area contributed by atoms with Gasteiger partial charge in [-0.3, -0.25) is 0 Å². The summed E-state index contributed by atoms with van der Waals surface area (Å²) in [5.74, 6) is 1.54. The molecule has 2 aromatic carbocycles. The number of anilines is 1. The van der Waals surface area contributed by atoms with Gasteiger partial charge in [0.15, 0.2) is 11.5 Å². The van der Waals surface area contributed by atoms with Gasteiger partial charge in [-0.2, -0.15) is 5.10 Å². The van der Waals surface area contributed by atoms with Gasteiger partial charge in [-0.25, -0.2) is 4.68 Å². The highest BCUT2D eigenvalue weighted by molar-refractivity contribution is 5.75. The lowest BCUT2D eigenvalue weighted by atomic mass is 9.88. The predicted octanol–water partition coefficient (Wildman–Crippen LogP) is 3.26. The van der Waals surface area contributed by atoms with Crippen LogP contribution in [0.5, 0.6) is 11.5 Å². The molecule has 5 rings (SSSR count). The van der Waals surface area contributed by atoms with Crippen LogP contribution in [0.4, 0.5) is 5.69 Å². The summed E-state index contributed by atoms with van der Waals surface area (Å²) in [4.78, 5) is 0. The Morgan fingerprint density at radius 1 is 1.04 bits per heavy atom. The van der Waals surface area contributed by atoms with Gasteiger partial charge in [0.25, 0.3) is 0 Å². The highest BCUT2D eigenvalue weighted by Gasteiger charge is 2.25. The number of nitrogens with zero attached hydrogens (tertiary/aromatic N) is 2. The molecule has 0 fully saturated rings. The monoisotopic (exact) mass is 319 g/mol. The zero-order valence-corrected chi connectivity index (χ0v) is 13.4. The molecule has 0 bridgehead atoms. The molecular weight excluding hydrogens is 302 g/mol. The molecule has 3 aromatic rings. The lowest BCUT2D eigenvalue weighted by Crippen LogP contribution is -2.08. The summed E-state index contributed by atoms with van der Waals surface area (Å²) in [6.07, 6.45) is 2.03. The first-order valence-corrected chi connectivity index (χ1v) is 8.08. The Kier molecular flexibility index (Phi) is 2.68. The van der Waals surface area contributed by atoms with Gasteiger partial charge in [0.2, 0.25) is 6.79 Å². The number of ether oxygens (including phenoxy) is 2. The Labute approximate surface area is 139 Å². The molecule has 0 unspecified atom stereocenters. The number of rotatable bonds is 1. The molecule has 5 heteroatoms. The molecular formula is C19H17N3O2. The second-order valence-electron chi connectivity index (χ2n) is 6.28. The van der Waals surface area contributed by atoms with E-state index in [-0.39, 0.29) is 6.79 Å². The SMILES string of the molecule is Cc1nn(-c2ccc3c(c2)OCO3)c2c1CCc1ccc(N)cc1-2. The van der Waals surface area contributed by atoms with Crippen LogP contribution < -0.4 is 15.2 Å². The summed E-state index contributed by atoms with van der Waals surface area (Å²) in [7, 11) is 0. The van der Waals surface area contributed by atoms with E-state index in [1.807, 2.05) is 28.9 Å². The lowest BCUT2D eigenvalue weighted by Gasteiger charge is -2.19. The normalized spacial score (nSPS) is 14.4. The molecule has 0 radical (unpaired) electrons. The van der Waals surface area contributed by atoms with Crippen LogP contribution in [0.1, 0.15) is 16.8 Å². The van der Waals surface area contributed by atoms with Crippen LogP contribution >= 0.6 is 0 Å². The van der Waals surface area contributed by atoms with Crippen LogP contribution in [0.25, 0.3) is 16.9 Å². The second kappa shape index (κ2) is 4.77. The summed E-state index contributed by atoms with van der Waals surface area (Å²) < 4.78 is 12.9. The fraction of sp³-hybridized carbons (Fsp3) is 0.211. The van der Waals surface area contributed by atoms with Crippen molar-refractivity contribution in [2.75, 3.05) is 12.5 Å². The van der Waals surface area contributed by atoms with Gasteiger partial charge < -0.3 is 15.2 Å². The minimum Gasteiger partial charge on any atom is -0.454 e. The van der Waals surface area contributed by atoms with Crippen LogP contribution in [-0.2, 0) is 12.8 Å². The molecule has 2 heterocycles. The van der Waals surface area contributed by atoms with Gasteiger partial charge in [-0.15, -0.1) is 0 Å². The number of hydrogen-bond donors (Lipinski definition) is 1. The zero-order chi connectivity index (χ0) is 16.3. The third-order valence-electron chi connectivity index (χ3n) is 4.82. The molecule has 1 aromatic heterocycles. The Morgan fingerprint density at radius 3 is 2.83 bits per heavy atom. The minimum atomic E-state index is 0.272. The molecule has 0 spiro atoms. The first-order chi connectivity index (χ1) is 11.7. The standard InChI is InChI=1S/C19H17N3O2/c1-11-15-6-3-12-2-4-13(20)8-16(12)19(15)22(21-11)14-5-7-17-18(9-14)24-10-23-17/h2,4-5,7-9H,3,6,10,20H2,1H3. The molecule has 5 nitrogen and oxygen atoms in total. The fourth-order valence-electron chi connectivity index (χ4n) is 3.63. The molecule has 2 N–H and O–H groups in total. The summed E-state index contributed by atoms with van der Waals surface area (Å²) in [6, 6.07) is 12.1. The van der Waals surface area contributed by atoms with Crippen molar-refractivity contribution in [2.24, 2.45) is 0 Å².